The number of hydrogen-bond acceptors (Lipinski definition) is 2. The largest absolute Gasteiger partial charge is 0.391 e. The third kappa shape index (κ3) is 3.74. The van der Waals surface area contributed by atoms with Crippen LogP contribution in [-0.4, -0.2) is 6.18 Å². The van der Waals surface area contributed by atoms with Crippen molar-refractivity contribution in [3.63, 3.8) is 0 Å². The van der Waals surface area contributed by atoms with Crippen LogP contribution in [0.25, 0.3) is 0 Å². The summed E-state index contributed by atoms with van der Waals surface area (Å²) in [4.78, 5) is 0. The molecule has 0 amide bonds. The summed E-state index contributed by atoms with van der Waals surface area (Å²) in [6.07, 6.45) is -2.79. The zero-order valence-corrected chi connectivity index (χ0v) is 11.9. The van der Waals surface area contributed by atoms with Crippen LogP contribution in [0.3, 0.4) is 0 Å². The number of alkyl halides is 3. The van der Waals surface area contributed by atoms with Crippen molar-refractivity contribution in [2.75, 3.05) is 0 Å². The number of benzene rings is 1. The highest BCUT2D eigenvalue weighted by molar-refractivity contribution is 5.26. The van der Waals surface area contributed by atoms with Gasteiger partial charge in [0.05, 0.1) is 5.92 Å². The van der Waals surface area contributed by atoms with Crippen molar-refractivity contribution in [1.82, 2.24) is 5.43 Å². The van der Waals surface area contributed by atoms with Crippen LogP contribution in [0, 0.1) is 24.6 Å². The lowest BCUT2D eigenvalue weighted by atomic mass is 9.76. The fourth-order valence-corrected chi connectivity index (χ4v) is 3.13. The Morgan fingerprint density at radius 1 is 1.29 bits per heavy atom. The molecule has 0 saturated heterocycles. The van der Waals surface area contributed by atoms with E-state index in [0.717, 1.165) is 0 Å². The average molecular weight is 304 g/mol. The third-order valence-electron chi connectivity index (χ3n) is 4.38. The highest BCUT2D eigenvalue weighted by Gasteiger charge is 2.43. The summed E-state index contributed by atoms with van der Waals surface area (Å²) in [6.45, 7) is 1.64. The van der Waals surface area contributed by atoms with Gasteiger partial charge in [-0.25, -0.2) is 4.39 Å². The second-order valence-electron chi connectivity index (χ2n) is 5.82. The van der Waals surface area contributed by atoms with Crippen LogP contribution >= 0.6 is 0 Å². The molecule has 3 atom stereocenters. The second-order valence-corrected chi connectivity index (χ2v) is 5.82. The van der Waals surface area contributed by atoms with Gasteiger partial charge < -0.3 is 0 Å². The molecule has 0 heterocycles. The molecule has 0 aromatic heterocycles. The van der Waals surface area contributed by atoms with E-state index in [2.05, 4.69) is 5.43 Å². The molecule has 3 unspecified atom stereocenters. The number of hydrogen-bond donors (Lipinski definition) is 2. The molecule has 1 saturated carbocycles. The SMILES string of the molecule is Cc1ccc(C(NN)C2CCCC(C(F)(F)F)C2)cc1F. The molecule has 3 N–H and O–H groups in total. The van der Waals surface area contributed by atoms with Crippen molar-refractivity contribution in [2.24, 2.45) is 17.7 Å². The molecule has 2 rings (SSSR count). The van der Waals surface area contributed by atoms with Crippen LogP contribution in [0.15, 0.2) is 18.2 Å². The lowest BCUT2D eigenvalue weighted by molar-refractivity contribution is -0.186. The summed E-state index contributed by atoms with van der Waals surface area (Å²) in [5, 5.41) is 0. The van der Waals surface area contributed by atoms with Crippen LogP contribution < -0.4 is 11.3 Å². The lowest BCUT2D eigenvalue weighted by Crippen LogP contribution is -2.38. The van der Waals surface area contributed by atoms with Crippen LogP contribution in [0.2, 0.25) is 0 Å². The maximum absolute atomic E-state index is 13.7. The summed E-state index contributed by atoms with van der Waals surface area (Å²) < 4.78 is 52.3. The Balaban J connectivity index is 2.18. The Bertz CT molecular complexity index is 487. The van der Waals surface area contributed by atoms with Gasteiger partial charge in [0.25, 0.3) is 0 Å². The quantitative estimate of drug-likeness (QED) is 0.503. The van der Waals surface area contributed by atoms with Crippen molar-refractivity contribution in [1.29, 1.82) is 0 Å². The summed E-state index contributed by atoms with van der Waals surface area (Å²) in [7, 11) is 0. The van der Waals surface area contributed by atoms with E-state index >= 15 is 0 Å². The van der Waals surface area contributed by atoms with Crippen molar-refractivity contribution in [2.45, 2.75) is 44.8 Å². The Labute approximate surface area is 121 Å². The molecular formula is C15H20F4N2. The first kappa shape index (κ1) is 16.2. The molecule has 1 aliphatic rings. The third-order valence-corrected chi connectivity index (χ3v) is 4.38. The van der Waals surface area contributed by atoms with Gasteiger partial charge in [0.1, 0.15) is 5.82 Å². The standard InChI is InChI=1S/C15H20F4N2/c1-9-5-6-11(8-13(9)16)14(21-20)10-3-2-4-12(7-10)15(17,18)19/h5-6,8,10,12,14,21H,2-4,7,20H2,1H3. The predicted octanol–water partition coefficient (Wildman–Crippen LogP) is 4.01. The molecule has 1 fully saturated rings. The highest BCUT2D eigenvalue weighted by atomic mass is 19.4. The molecule has 118 valence electrons. The van der Waals surface area contributed by atoms with Crippen LogP contribution in [-0.2, 0) is 0 Å². The van der Waals surface area contributed by atoms with Gasteiger partial charge in [-0.15, -0.1) is 0 Å². The van der Waals surface area contributed by atoms with E-state index in [4.69, 9.17) is 5.84 Å². The first-order chi connectivity index (χ1) is 9.82. The van der Waals surface area contributed by atoms with E-state index in [0.29, 0.717) is 24.0 Å². The molecule has 2 nitrogen and oxygen atoms in total. The minimum atomic E-state index is -4.17. The zero-order chi connectivity index (χ0) is 15.6. The van der Waals surface area contributed by atoms with Gasteiger partial charge in [0, 0.05) is 6.04 Å². The van der Waals surface area contributed by atoms with Crippen molar-refractivity contribution in [3.05, 3.63) is 35.1 Å². The summed E-state index contributed by atoms with van der Waals surface area (Å²) >= 11 is 0. The molecule has 0 spiro atoms. The van der Waals surface area contributed by atoms with Gasteiger partial charge in [-0.3, -0.25) is 11.3 Å². The van der Waals surface area contributed by atoms with Crippen molar-refractivity contribution >= 4 is 0 Å². The predicted molar refractivity (Wildman–Crippen MR) is 72.7 cm³/mol. The number of hydrazine groups is 1. The Morgan fingerprint density at radius 2 is 2.00 bits per heavy atom. The summed E-state index contributed by atoms with van der Waals surface area (Å²) in [6, 6.07) is 4.25. The van der Waals surface area contributed by atoms with Gasteiger partial charge in [0.2, 0.25) is 0 Å². The normalized spacial score (nSPS) is 24.9. The van der Waals surface area contributed by atoms with E-state index < -0.39 is 18.1 Å². The van der Waals surface area contributed by atoms with Gasteiger partial charge in [-0.2, -0.15) is 13.2 Å². The molecule has 1 aliphatic carbocycles. The number of nitrogens with two attached hydrogens (primary N) is 1. The van der Waals surface area contributed by atoms with Crippen LogP contribution in [0.4, 0.5) is 17.6 Å². The first-order valence-corrected chi connectivity index (χ1v) is 7.11. The minimum absolute atomic E-state index is 0.0356. The Morgan fingerprint density at radius 3 is 2.57 bits per heavy atom. The summed E-state index contributed by atoms with van der Waals surface area (Å²) in [5.41, 5.74) is 3.68. The molecular weight excluding hydrogens is 284 g/mol. The van der Waals surface area contributed by atoms with Crippen LogP contribution in [0.1, 0.15) is 42.9 Å². The molecule has 0 aliphatic heterocycles. The van der Waals surface area contributed by atoms with Gasteiger partial charge >= 0.3 is 6.18 Å². The maximum Gasteiger partial charge on any atom is 0.391 e. The molecule has 6 heteroatoms. The zero-order valence-electron chi connectivity index (χ0n) is 11.9. The lowest BCUT2D eigenvalue weighted by Gasteiger charge is -2.35. The molecule has 0 radical (unpaired) electrons. The Kier molecular flexibility index (Phi) is 4.88. The van der Waals surface area contributed by atoms with E-state index in [-0.39, 0.29) is 24.6 Å². The van der Waals surface area contributed by atoms with E-state index in [1.807, 2.05) is 0 Å². The fraction of sp³-hybridized carbons (Fsp3) is 0.600. The van der Waals surface area contributed by atoms with E-state index in [9.17, 15) is 17.6 Å². The monoisotopic (exact) mass is 304 g/mol. The van der Waals surface area contributed by atoms with Crippen molar-refractivity contribution in [3.8, 4) is 0 Å². The number of aryl methyl sites for hydroxylation is 1. The highest BCUT2D eigenvalue weighted by Crippen LogP contribution is 2.43. The minimum Gasteiger partial charge on any atom is -0.271 e. The van der Waals surface area contributed by atoms with Gasteiger partial charge in [0.15, 0.2) is 0 Å². The molecule has 21 heavy (non-hydrogen) atoms. The molecule has 0 bridgehead atoms. The van der Waals surface area contributed by atoms with Gasteiger partial charge in [-0.1, -0.05) is 18.6 Å². The first-order valence-electron chi connectivity index (χ1n) is 7.11. The maximum atomic E-state index is 13.7. The van der Waals surface area contributed by atoms with Crippen molar-refractivity contribution < 1.29 is 17.6 Å². The smallest absolute Gasteiger partial charge is 0.271 e. The van der Waals surface area contributed by atoms with E-state index in [1.165, 1.54) is 6.07 Å². The van der Waals surface area contributed by atoms with E-state index in [1.54, 1.807) is 19.1 Å². The summed E-state index contributed by atoms with van der Waals surface area (Å²) in [5.74, 6) is 3.63. The average Bonchev–Trinajstić information content (AvgIpc) is 2.43. The molecule has 1 aromatic rings. The second kappa shape index (κ2) is 6.32. The van der Waals surface area contributed by atoms with Gasteiger partial charge in [-0.05, 0) is 49.3 Å². The molecule has 1 aromatic carbocycles. The number of halogens is 4. The Hall–Kier alpha value is -1.14. The number of nitrogens with one attached hydrogen (secondary N) is 1. The number of rotatable bonds is 3. The van der Waals surface area contributed by atoms with Crippen LogP contribution in [0.5, 0.6) is 0 Å². The topological polar surface area (TPSA) is 38.0 Å². The fourth-order valence-electron chi connectivity index (χ4n) is 3.13.